The quantitative estimate of drug-likeness (QED) is 0.836. The van der Waals surface area contributed by atoms with E-state index in [0.29, 0.717) is 17.5 Å². The van der Waals surface area contributed by atoms with Crippen molar-refractivity contribution in [3.05, 3.63) is 5.56 Å². The van der Waals surface area contributed by atoms with Crippen LogP contribution in [-0.2, 0) is 0 Å². The highest BCUT2D eigenvalue weighted by Crippen LogP contribution is 2.35. The number of aromatic nitrogens is 1. The molecule has 5 nitrogen and oxygen atoms in total. The predicted octanol–water partition coefficient (Wildman–Crippen LogP) is 1.45. The summed E-state index contributed by atoms with van der Waals surface area (Å²) < 4.78 is 4.05. The summed E-state index contributed by atoms with van der Waals surface area (Å²) in [5, 5.41) is 0.828. The number of amides is 1. The molecule has 4 N–H and O–H groups in total. The number of primary amides is 1. The van der Waals surface area contributed by atoms with Crippen molar-refractivity contribution in [1.29, 1.82) is 0 Å². The average Bonchev–Trinajstić information content (AvgIpc) is 2.64. The van der Waals surface area contributed by atoms with Crippen molar-refractivity contribution < 1.29 is 4.79 Å². The Balaban J connectivity index is 2.35. The second-order valence-electron chi connectivity index (χ2n) is 4.80. The second-order valence-corrected chi connectivity index (χ2v) is 5.55. The Labute approximate surface area is 105 Å². The van der Waals surface area contributed by atoms with Gasteiger partial charge in [0.05, 0.1) is 0 Å². The number of nitrogens with zero attached hydrogens (tertiary/aromatic N) is 2. The minimum Gasteiger partial charge on any atom is -0.382 e. The van der Waals surface area contributed by atoms with Gasteiger partial charge in [0.2, 0.25) is 0 Å². The van der Waals surface area contributed by atoms with Gasteiger partial charge in [-0.2, -0.15) is 4.37 Å². The van der Waals surface area contributed by atoms with E-state index >= 15 is 0 Å². The maximum absolute atomic E-state index is 11.4. The maximum Gasteiger partial charge on any atom is 0.255 e. The van der Waals surface area contributed by atoms with Gasteiger partial charge in [0.15, 0.2) is 5.82 Å². The molecule has 0 aromatic carbocycles. The van der Waals surface area contributed by atoms with E-state index < -0.39 is 5.91 Å². The van der Waals surface area contributed by atoms with Gasteiger partial charge in [0.25, 0.3) is 5.91 Å². The number of hydrogen-bond donors (Lipinski definition) is 2. The van der Waals surface area contributed by atoms with Gasteiger partial charge >= 0.3 is 0 Å². The van der Waals surface area contributed by atoms with Crippen LogP contribution in [0.25, 0.3) is 0 Å². The number of hydrogen-bond acceptors (Lipinski definition) is 5. The van der Waals surface area contributed by atoms with Crippen LogP contribution in [0.1, 0.15) is 37.0 Å². The highest BCUT2D eigenvalue weighted by molar-refractivity contribution is 7.11. The van der Waals surface area contributed by atoms with Crippen LogP contribution < -0.4 is 16.4 Å². The molecule has 0 spiro atoms. The first-order valence-corrected chi connectivity index (χ1v) is 6.59. The zero-order chi connectivity index (χ0) is 12.6. The summed E-state index contributed by atoms with van der Waals surface area (Å²) >= 11 is 1.27. The lowest BCUT2D eigenvalue weighted by molar-refractivity contribution is 0.100. The molecule has 1 aromatic heterocycles. The fraction of sp³-hybridized carbons (Fsp3) is 0.636. The first-order valence-electron chi connectivity index (χ1n) is 5.82. The van der Waals surface area contributed by atoms with Crippen LogP contribution in [0.4, 0.5) is 10.8 Å². The molecule has 94 valence electrons. The van der Waals surface area contributed by atoms with Gasteiger partial charge in [0.1, 0.15) is 10.6 Å². The summed E-state index contributed by atoms with van der Waals surface area (Å²) in [6, 6.07) is 0.407. The Bertz CT molecular complexity index is 431. The molecule has 2 atom stereocenters. The Morgan fingerprint density at radius 3 is 2.82 bits per heavy atom. The summed E-state index contributed by atoms with van der Waals surface area (Å²) in [7, 11) is 0. The SMILES string of the molecule is CC1CCC(C)N(c2snc(N)c2C(N)=O)C1. The molecular formula is C11H18N4OS. The second kappa shape index (κ2) is 4.52. The molecule has 2 rings (SSSR count). The van der Waals surface area contributed by atoms with Crippen LogP contribution in [-0.4, -0.2) is 22.9 Å². The molecule has 0 radical (unpaired) electrons. The van der Waals surface area contributed by atoms with Crippen LogP contribution in [0.3, 0.4) is 0 Å². The lowest BCUT2D eigenvalue weighted by Gasteiger charge is -2.37. The number of nitrogen functional groups attached to an aromatic ring is 1. The van der Waals surface area contributed by atoms with E-state index in [1.54, 1.807) is 0 Å². The van der Waals surface area contributed by atoms with E-state index in [2.05, 4.69) is 23.1 Å². The summed E-state index contributed by atoms with van der Waals surface area (Å²) in [6.07, 6.45) is 2.34. The number of anilines is 2. The van der Waals surface area contributed by atoms with Crippen molar-refractivity contribution in [3.63, 3.8) is 0 Å². The van der Waals surface area contributed by atoms with Crippen LogP contribution in [0.2, 0.25) is 0 Å². The van der Waals surface area contributed by atoms with E-state index in [9.17, 15) is 4.79 Å². The fourth-order valence-corrected chi connectivity index (χ4v) is 3.22. The maximum atomic E-state index is 11.4. The summed E-state index contributed by atoms with van der Waals surface area (Å²) in [5.41, 5.74) is 11.5. The zero-order valence-corrected chi connectivity index (χ0v) is 11.0. The molecule has 2 unspecified atom stereocenters. The van der Waals surface area contributed by atoms with Crippen molar-refractivity contribution in [2.75, 3.05) is 17.2 Å². The van der Waals surface area contributed by atoms with Crippen molar-refractivity contribution >= 4 is 28.3 Å². The first-order chi connectivity index (χ1) is 8.00. The smallest absolute Gasteiger partial charge is 0.255 e. The summed E-state index contributed by atoms with van der Waals surface area (Å²) in [6.45, 7) is 5.31. The highest BCUT2D eigenvalue weighted by Gasteiger charge is 2.29. The Morgan fingerprint density at radius 2 is 2.18 bits per heavy atom. The summed E-state index contributed by atoms with van der Waals surface area (Å²) in [5.74, 6) is 0.384. The summed E-state index contributed by atoms with van der Waals surface area (Å²) in [4.78, 5) is 13.6. The predicted molar refractivity (Wildman–Crippen MR) is 70.3 cm³/mol. The van der Waals surface area contributed by atoms with Gasteiger partial charge in [-0.15, -0.1) is 0 Å². The molecule has 1 aliphatic heterocycles. The molecule has 1 saturated heterocycles. The van der Waals surface area contributed by atoms with Crippen molar-refractivity contribution in [3.8, 4) is 0 Å². The third kappa shape index (κ3) is 2.22. The zero-order valence-electron chi connectivity index (χ0n) is 10.1. The fourth-order valence-electron chi connectivity index (χ4n) is 2.29. The lowest BCUT2D eigenvalue weighted by Crippen LogP contribution is -2.41. The van der Waals surface area contributed by atoms with E-state index in [1.807, 2.05) is 0 Å². The Morgan fingerprint density at radius 1 is 1.47 bits per heavy atom. The minimum atomic E-state index is -0.489. The number of carbonyl (C=O) groups excluding carboxylic acids is 1. The van der Waals surface area contributed by atoms with E-state index in [1.165, 1.54) is 18.0 Å². The molecule has 0 bridgehead atoms. The Hall–Kier alpha value is -1.30. The van der Waals surface area contributed by atoms with Crippen molar-refractivity contribution in [2.45, 2.75) is 32.7 Å². The molecule has 1 aliphatic rings. The lowest BCUT2D eigenvalue weighted by atomic mass is 9.95. The third-order valence-electron chi connectivity index (χ3n) is 3.33. The topological polar surface area (TPSA) is 85.2 Å². The molecule has 1 fully saturated rings. The molecule has 1 aromatic rings. The molecule has 1 amide bonds. The monoisotopic (exact) mass is 254 g/mol. The van der Waals surface area contributed by atoms with Crippen molar-refractivity contribution in [2.24, 2.45) is 11.7 Å². The van der Waals surface area contributed by atoms with Crippen LogP contribution >= 0.6 is 11.5 Å². The van der Waals surface area contributed by atoms with Gasteiger partial charge in [-0.25, -0.2) is 0 Å². The molecule has 2 heterocycles. The van der Waals surface area contributed by atoms with Gasteiger partial charge in [-0.05, 0) is 37.2 Å². The number of piperidine rings is 1. The highest BCUT2D eigenvalue weighted by atomic mass is 32.1. The minimum absolute atomic E-state index is 0.253. The van der Waals surface area contributed by atoms with Crippen LogP contribution in [0.5, 0.6) is 0 Å². The largest absolute Gasteiger partial charge is 0.382 e. The molecule has 6 heteroatoms. The van der Waals surface area contributed by atoms with Gasteiger partial charge in [-0.1, -0.05) is 6.92 Å². The van der Waals surface area contributed by atoms with Gasteiger partial charge in [0, 0.05) is 12.6 Å². The molecule has 17 heavy (non-hydrogen) atoms. The molecular weight excluding hydrogens is 236 g/mol. The molecule has 0 aliphatic carbocycles. The van der Waals surface area contributed by atoms with Crippen molar-refractivity contribution in [1.82, 2.24) is 4.37 Å². The van der Waals surface area contributed by atoms with Gasteiger partial charge < -0.3 is 16.4 Å². The van der Waals surface area contributed by atoms with Crippen LogP contribution in [0, 0.1) is 5.92 Å². The average molecular weight is 254 g/mol. The molecule has 0 saturated carbocycles. The standard InChI is InChI=1S/C11H18N4OS/c1-6-3-4-7(2)15(5-6)11-8(10(13)16)9(12)14-17-11/h6-7H,3-5H2,1-2H3,(H2,12,14)(H2,13,16). The van der Waals surface area contributed by atoms with Gasteiger partial charge in [-0.3, -0.25) is 4.79 Å². The number of rotatable bonds is 2. The Kier molecular flexibility index (Phi) is 3.24. The van der Waals surface area contributed by atoms with Crippen LogP contribution in [0.15, 0.2) is 0 Å². The normalized spacial score (nSPS) is 24.9. The van der Waals surface area contributed by atoms with E-state index in [-0.39, 0.29) is 5.82 Å². The third-order valence-corrected chi connectivity index (χ3v) is 4.22. The van der Waals surface area contributed by atoms with E-state index in [0.717, 1.165) is 18.0 Å². The number of carbonyl (C=O) groups is 1. The first kappa shape index (κ1) is 12.2. The number of nitrogens with two attached hydrogens (primary N) is 2. The van der Waals surface area contributed by atoms with E-state index in [4.69, 9.17) is 11.5 Å².